The van der Waals surface area contributed by atoms with Gasteiger partial charge in [-0.05, 0) is 41.6 Å². The van der Waals surface area contributed by atoms with Crippen LogP contribution in [0.3, 0.4) is 0 Å². The van der Waals surface area contributed by atoms with Gasteiger partial charge >= 0.3 is 5.69 Å². The van der Waals surface area contributed by atoms with Crippen molar-refractivity contribution in [2.24, 2.45) is 0 Å². The highest BCUT2D eigenvalue weighted by molar-refractivity contribution is 9.10. The van der Waals surface area contributed by atoms with E-state index in [9.17, 15) is 9.59 Å². The molecular weight excluding hydrogens is 324 g/mol. The van der Waals surface area contributed by atoms with Gasteiger partial charge in [-0.25, -0.2) is 4.79 Å². The molecule has 1 atom stereocenters. The van der Waals surface area contributed by atoms with Crippen LogP contribution in [0.25, 0.3) is 0 Å². The quantitative estimate of drug-likeness (QED) is 0.895. The molecule has 2 aliphatic rings. The minimum Gasteiger partial charge on any atom is -0.370 e. The van der Waals surface area contributed by atoms with Crippen LogP contribution in [-0.2, 0) is 11.3 Å². The van der Waals surface area contributed by atoms with Gasteiger partial charge in [0.05, 0.1) is 22.7 Å². The highest BCUT2D eigenvalue weighted by atomic mass is 79.9. The fourth-order valence-electron chi connectivity index (χ4n) is 3.43. The van der Waals surface area contributed by atoms with Gasteiger partial charge in [-0.1, -0.05) is 19.3 Å². The number of aromatic nitrogens is 2. The van der Waals surface area contributed by atoms with Gasteiger partial charge in [0.25, 0.3) is 5.56 Å². The van der Waals surface area contributed by atoms with E-state index >= 15 is 0 Å². The van der Waals surface area contributed by atoms with E-state index in [0.29, 0.717) is 11.0 Å². The Bertz CT molecular complexity index is 601. The summed E-state index contributed by atoms with van der Waals surface area (Å²) in [5.41, 5.74) is -0.694. The highest BCUT2D eigenvalue weighted by Gasteiger charge is 2.40. The summed E-state index contributed by atoms with van der Waals surface area (Å²) in [7, 11) is 0. The molecule has 5 nitrogen and oxygen atoms in total. The lowest BCUT2D eigenvalue weighted by molar-refractivity contribution is -0.0683. The molecule has 1 aromatic heterocycles. The van der Waals surface area contributed by atoms with E-state index in [1.165, 1.54) is 23.8 Å². The molecule has 0 radical (unpaired) electrons. The second-order valence-electron chi connectivity index (χ2n) is 5.91. The number of halogens is 1. The maximum absolute atomic E-state index is 11.8. The molecule has 1 spiro atoms. The van der Waals surface area contributed by atoms with E-state index in [1.54, 1.807) is 6.20 Å². The van der Waals surface area contributed by atoms with Crippen molar-refractivity contribution in [3.63, 3.8) is 0 Å². The van der Waals surface area contributed by atoms with Crippen molar-refractivity contribution < 1.29 is 4.74 Å². The second kappa shape index (κ2) is 5.48. The molecule has 3 rings (SSSR count). The van der Waals surface area contributed by atoms with Gasteiger partial charge in [-0.15, -0.1) is 0 Å². The lowest BCUT2D eigenvalue weighted by Crippen LogP contribution is -2.35. The smallest absolute Gasteiger partial charge is 0.328 e. The molecule has 1 saturated heterocycles. The maximum atomic E-state index is 11.8. The monoisotopic (exact) mass is 342 g/mol. The molecule has 1 aromatic rings. The average Bonchev–Trinajstić information content (AvgIpc) is 2.79. The molecule has 1 saturated carbocycles. The number of nitrogens with one attached hydrogen (secondary N) is 1. The van der Waals surface area contributed by atoms with Crippen molar-refractivity contribution in [2.45, 2.75) is 63.2 Å². The third-order valence-corrected chi connectivity index (χ3v) is 5.04. The molecule has 6 heteroatoms. The van der Waals surface area contributed by atoms with Gasteiger partial charge < -0.3 is 4.74 Å². The Morgan fingerprint density at radius 3 is 2.80 bits per heavy atom. The summed E-state index contributed by atoms with van der Waals surface area (Å²) in [6, 6.07) is 0. The van der Waals surface area contributed by atoms with Crippen LogP contribution in [0.1, 0.15) is 44.9 Å². The van der Waals surface area contributed by atoms with Crippen LogP contribution in [0.15, 0.2) is 20.3 Å². The molecule has 2 fully saturated rings. The van der Waals surface area contributed by atoms with Crippen LogP contribution < -0.4 is 11.2 Å². The van der Waals surface area contributed by atoms with E-state index in [0.717, 1.165) is 25.7 Å². The molecule has 1 N–H and O–H groups in total. The van der Waals surface area contributed by atoms with E-state index in [-0.39, 0.29) is 23.0 Å². The topological polar surface area (TPSA) is 64.1 Å². The Hall–Kier alpha value is -0.880. The summed E-state index contributed by atoms with van der Waals surface area (Å²) in [4.78, 5) is 25.4. The fraction of sp³-hybridized carbons (Fsp3) is 0.714. The summed E-state index contributed by atoms with van der Waals surface area (Å²) in [6.45, 7) is 0.510. The zero-order valence-corrected chi connectivity index (χ0v) is 12.9. The van der Waals surface area contributed by atoms with Crippen LogP contribution >= 0.6 is 15.9 Å². The Kier molecular flexibility index (Phi) is 3.86. The predicted octanol–water partition coefficient (Wildman–Crippen LogP) is 2.18. The lowest BCUT2D eigenvalue weighted by atomic mass is 9.83. The summed E-state index contributed by atoms with van der Waals surface area (Å²) < 4.78 is 8.15. The molecule has 0 bridgehead atoms. The predicted molar refractivity (Wildman–Crippen MR) is 78.9 cm³/mol. The van der Waals surface area contributed by atoms with Crippen LogP contribution in [0.4, 0.5) is 0 Å². The van der Waals surface area contributed by atoms with E-state index in [2.05, 4.69) is 20.9 Å². The molecule has 0 aromatic carbocycles. The van der Waals surface area contributed by atoms with Gasteiger partial charge in [0.1, 0.15) is 0 Å². The van der Waals surface area contributed by atoms with Crippen molar-refractivity contribution in [1.29, 1.82) is 0 Å². The molecule has 20 heavy (non-hydrogen) atoms. The van der Waals surface area contributed by atoms with Crippen molar-refractivity contribution >= 4 is 15.9 Å². The van der Waals surface area contributed by atoms with E-state index in [1.807, 2.05) is 0 Å². The van der Waals surface area contributed by atoms with Gasteiger partial charge in [0.2, 0.25) is 0 Å². The first-order valence-corrected chi connectivity index (χ1v) is 8.04. The van der Waals surface area contributed by atoms with Crippen LogP contribution in [0.5, 0.6) is 0 Å². The third-order valence-electron chi connectivity index (χ3n) is 4.47. The Labute approximate surface area is 125 Å². The molecule has 0 amide bonds. The van der Waals surface area contributed by atoms with Gasteiger partial charge in [0.15, 0.2) is 0 Å². The van der Waals surface area contributed by atoms with Crippen molar-refractivity contribution in [3.05, 3.63) is 31.5 Å². The molecule has 1 aliphatic carbocycles. The number of hydrogen-bond acceptors (Lipinski definition) is 3. The van der Waals surface area contributed by atoms with E-state index < -0.39 is 0 Å². The summed E-state index contributed by atoms with van der Waals surface area (Å²) in [6.07, 6.45) is 9.80. The first kappa shape index (κ1) is 14.1. The molecule has 2 heterocycles. The van der Waals surface area contributed by atoms with Crippen molar-refractivity contribution in [3.8, 4) is 0 Å². The first-order chi connectivity index (χ1) is 9.58. The zero-order valence-electron chi connectivity index (χ0n) is 11.4. The van der Waals surface area contributed by atoms with Crippen LogP contribution in [-0.4, -0.2) is 21.3 Å². The highest BCUT2D eigenvalue weighted by Crippen LogP contribution is 2.42. The van der Waals surface area contributed by atoms with Gasteiger partial charge in [-0.2, -0.15) is 0 Å². The number of hydrogen-bond donors (Lipinski definition) is 1. The number of H-pyrrole nitrogens is 1. The fourth-order valence-corrected chi connectivity index (χ4v) is 3.77. The molecule has 1 unspecified atom stereocenters. The van der Waals surface area contributed by atoms with E-state index in [4.69, 9.17) is 4.74 Å². The summed E-state index contributed by atoms with van der Waals surface area (Å²) in [5.74, 6) is 0. The maximum Gasteiger partial charge on any atom is 0.328 e. The molecule has 110 valence electrons. The SMILES string of the molecule is O=c1[nH]c(=O)n(CC2CCC3(CCCCC3)O2)cc1Br. The lowest BCUT2D eigenvalue weighted by Gasteiger charge is -2.33. The zero-order chi connectivity index (χ0) is 14.2. The van der Waals surface area contributed by atoms with Crippen molar-refractivity contribution in [2.75, 3.05) is 0 Å². The number of rotatable bonds is 2. The Morgan fingerprint density at radius 1 is 1.30 bits per heavy atom. The van der Waals surface area contributed by atoms with Gasteiger partial charge in [0, 0.05) is 6.20 Å². The van der Waals surface area contributed by atoms with Gasteiger partial charge in [-0.3, -0.25) is 14.3 Å². The third kappa shape index (κ3) is 2.76. The minimum atomic E-state index is -0.387. The average molecular weight is 343 g/mol. The number of nitrogens with zero attached hydrogens (tertiary/aromatic N) is 1. The number of aromatic amines is 1. The Morgan fingerprint density at radius 2 is 2.05 bits per heavy atom. The van der Waals surface area contributed by atoms with Crippen molar-refractivity contribution in [1.82, 2.24) is 9.55 Å². The molecule has 1 aliphatic heterocycles. The number of ether oxygens (including phenoxy) is 1. The van der Waals surface area contributed by atoms with Crippen LogP contribution in [0, 0.1) is 0 Å². The Balaban J connectivity index is 1.72. The molecular formula is C14H19BrN2O3. The standard InChI is InChI=1S/C14H19BrN2O3/c15-11-9-17(13(19)16-12(11)18)8-10-4-7-14(20-10)5-2-1-3-6-14/h9-10H,1-8H2,(H,16,18,19). The summed E-state index contributed by atoms with van der Waals surface area (Å²) in [5, 5.41) is 0. The second-order valence-corrected chi connectivity index (χ2v) is 6.77. The normalized spacial score (nSPS) is 25.1. The summed E-state index contributed by atoms with van der Waals surface area (Å²) >= 11 is 3.16. The van der Waals surface area contributed by atoms with Crippen LogP contribution in [0.2, 0.25) is 0 Å². The first-order valence-electron chi connectivity index (χ1n) is 7.25. The minimum absolute atomic E-state index is 0.0615. The largest absolute Gasteiger partial charge is 0.370 e.